The van der Waals surface area contributed by atoms with Crippen molar-refractivity contribution in [2.24, 2.45) is 5.92 Å². The predicted octanol–water partition coefficient (Wildman–Crippen LogP) is 0.666. The SMILES string of the molecule is COCCOCCNCCC1CCOC1. The summed E-state index contributed by atoms with van der Waals surface area (Å²) < 4.78 is 15.5. The number of hydrogen-bond acceptors (Lipinski definition) is 4. The molecule has 1 aliphatic heterocycles. The Labute approximate surface area is 92.3 Å². The molecule has 0 aromatic carbocycles. The minimum atomic E-state index is 0.680. The van der Waals surface area contributed by atoms with Crippen molar-refractivity contribution in [2.45, 2.75) is 12.8 Å². The molecule has 0 aromatic rings. The Balaban J connectivity index is 1.73. The first kappa shape index (κ1) is 12.9. The van der Waals surface area contributed by atoms with Crippen LogP contribution in [0.1, 0.15) is 12.8 Å². The Morgan fingerprint density at radius 3 is 2.93 bits per heavy atom. The normalized spacial score (nSPS) is 21.0. The molecule has 1 atom stereocenters. The summed E-state index contributed by atoms with van der Waals surface area (Å²) in [4.78, 5) is 0. The first-order valence-corrected chi connectivity index (χ1v) is 5.78. The summed E-state index contributed by atoms with van der Waals surface area (Å²) in [6.45, 7) is 6.04. The van der Waals surface area contributed by atoms with E-state index in [0.29, 0.717) is 13.2 Å². The van der Waals surface area contributed by atoms with E-state index in [1.54, 1.807) is 7.11 Å². The van der Waals surface area contributed by atoms with Crippen molar-refractivity contribution in [3.8, 4) is 0 Å². The van der Waals surface area contributed by atoms with Crippen LogP contribution < -0.4 is 5.32 Å². The second-order valence-corrected chi connectivity index (χ2v) is 3.87. The van der Waals surface area contributed by atoms with Gasteiger partial charge >= 0.3 is 0 Å². The van der Waals surface area contributed by atoms with Crippen LogP contribution in [0, 0.1) is 5.92 Å². The van der Waals surface area contributed by atoms with Gasteiger partial charge in [0, 0.05) is 26.9 Å². The van der Waals surface area contributed by atoms with E-state index in [4.69, 9.17) is 14.2 Å². The van der Waals surface area contributed by atoms with Gasteiger partial charge < -0.3 is 19.5 Å². The first-order valence-electron chi connectivity index (χ1n) is 5.78. The molecule has 0 radical (unpaired) electrons. The summed E-state index contributed by atoms with van der Waals surface area (Å²) in [6.07, 6.45) is 2.45. The van der Waals surface area contributed by atoms with E-state index in [2.05, 4.69) is 5.32 Å². The van der Waals surface area contributed by atoms with Crippen LogP contribution >= 0.6 is 0 Å². The van der Waals surface area contributed by atoms with Crippen molar-refractivity contribution < 1.29 is 14.2 Å². The van der Waals surface area contributed by atoms with Gasteiger partial charge in [0.1, 0.15) is 0 Å². The monoisotopic (exact) mass is 217 g/mol. The maximum absolute atomic E-state index is 5.33. The van der Waals surface area contributed by atoms with Gasteiger partial charge in [0.15, 0.2) is 0 Å². The highest BCUT2D eigenvalue weighted by Gasteiger charge is 2.14. The Morgan fingerprint density at radius 1 is 1.27 bits per heavy atom. The standard InChI is InChI=1S/C11H23NO3/c1-13-8-9-14-7-5-12-4-2-11-3-6-15-10-11/h11-12H,2-10H2,1H3. The van der Waals surface area contributed by atoms with Crippen LogP contribution in [0.25, 0.3) is 0 Å². The molecule has 1 unspecified atom stereocenters. The third-order valence-electron chi connectivity index (χ3n) is 2.61. The largest absolute Gasteiger partial charge is 0.382 e. The molecule has 1 saturated heterocycles. The Kier molecular flexibility index (Phi) is 7.83. The van der Waals surface area contributed by atoms with Gasteiger partial charge in [-0.2, -0.15) is 0 Å². The van der Waals surface area contributed by atoms with Gasteiger partial charge in [0.25, 0.3) is 0 Å². The third kappa shape index (κ3) is 6.84. The topological polar surface area (TPSA) is 39.7 Å². The molecule has 0 bridgehead atoms. The average Bonchev–Trinajstić information content (AvgIpc) is 2.75. The van der Waals surface area contributed by atoms with E-state index in [1.807, 2.05) is 0 Å². The van der Waals surface area contributed by atoms with Gasteiger partial charge in [-0.3, -0.25) is 0 Å². The molecule has 4 nitrogen and oxygen atoms in total. The number of ether oxygens (including phenoxy) is 3. The van der Waals surface area contributed by atoms with E-state index in [9.17, 15) is 0 Å². The minimum Gasteiger partial charge on any atom is -0.382 e. The molecule has 1 fully saturated rings. The molecule has 0 spiro atoms. The zero-order chi connectivity index (χ0) is 10.8. The number of rotatable bonds is 9. The molecular weight excluding hydrogens is 194 g/mol. The minimum absolute atomic E-state index is 0.680. The molecule has 0 saturated carbocycles. The van der Waals surface area contributed by atoms with Crippen LogP contribution in [-0.4, -0.2) is 53.2 Å². The molecule has 0 aliphatic carbocycles. The van der Waals surface area contributed by atoms with Crippen LogP contribution in [0.2, 0.25) is 0 Å². The molecule has 1 heterocycles. The Morgan fingerprint density at radius 2 is 2.20 bits per heavy atom. The third-order valence-corrected chi connectivity index (χ3v) is 2.61. The molecule has 1 rings (SSSR count). The van der Waals surface area contributed by atoms with Gasteiger partial charge in [-0.25, -0.2) is 0 Å². The van der Waals surface area contributed by atoms with Crippen LogP contribution in [0.4, 0.5) is 0 Å². The fraction of sp³-hybridized carbons (Fsp3) is 1.00. The van der Waals surface area contributed by atoms with E-state index in [-0.39, 0.29) is 0 Å². The number of methoxy groups -OCH3 is 1. The van der Waals surface area contributed by atoms with Crippen LogP contribution in [0.5, 0.6) is 0 Å². The van der Waals surface area contributed by atoms with Gasteiger partial charge in [0.05, 0.1) is 19.8 Å². The smallest absolute Gasteiger partial charge is 0.0700 e. The Hall–Kier alpha value is -0.160. The number of nitrogens with one attached hydrogen (secondary N) is 1. The molecular formula is C11H23NO3. The van der Waals surface area contributed by atoms with E-state index >= 15 is 0 Å². The predicted molar refractivity (Wildman–Crippen MR) is 59.1 cm³/mol. The summed E-state index contributed by atoms with van der Waals surface area (Å²) in [5.41, 5.74) is 0. The maximum atomic E-state index is 5.33. The van der Waals surface area contributed by atoms with Crippen molar-refractivity contribution in [3.63, 3.8) is 0 Å². The lowest BCUT2D eigenvalue weighted by Gasteiger charge is -2.08. The lowest BCUT2D eigenvalue weighted by Crippen LogP contribution is -2.23. The van der Waals surface area contributed by atoms with Crippen molar-refractivity contribution >= 4 is 0 Å². The average molecular weight is 217 g/mol. The molecule has 90 valence electrons. The van der Waals surface area contributed by atoms with Crippen molar-refractivity contribution in [1.29, 1.82) is 0 Å². The summed E-state index contributed by atoms with van der Waals surface area (Å²) in [5.74, 6) is 0.770. The molecule has 15 heavy (non-hydrogen) atoms. The van der Waals surface area contributed by atoms with E-state index in [0.717, 1.165) is 38.8 Å². The Bertz CT molecular complexity index is 138. The first-order chi connectivity index (χ1) is 7.43. The summed E-state index contributed by atoms with van der Waals surface area (Å²) >= 11 is 0. The fourth-order valence-corrected chi connectivity index (χ4v) is 1.63. The second-order valence-electron chi connectivity index (χ2n) is 3.87. The lowest BCUT2D eigenvalue weighted by atomic mass is 10.1. The second kappa shape index (κ2) is 9.09. The quantitative estimate of drug-likeness (QED) is 0.576. The maximum Gasteiger partial charge on any atom is 0.0700 e. The van der Waals surface area contributed by atoms with Crippen LogP contribution in [0.15, 0.2) is 0 Å². The molecule has 4 heteroatoms. The highest BCUT2D eigenvalue weighted by Crippen LogP contribution is 2.14. The number of hydrogen-bond donors (Lipinski definition) is 1. The highest BCUT2D eigenvalue weighted by molar-refractivity contribution is 4.65. The summed E-state index contributed by atoms with van der Waals surface area (Å²) in [5, 5.41) is 3.37. The van der Waals surface area contributed by atoms with Crippen molar-refractivity contribution in [2.75, 3.05) is 53.2 Å². The van der Waals surface area contributed by atoms with Gasteiger partial charge in [-0.15, -0.1) is 0 Å². The molecule has 0 amide bonds. The van der Waals surface area contributed by atoms with Gasteiger partial charge in [-0.1, -0.05) is 0 Å². The summed E-state index contributed by atoms with van der Waals surface area (Å²) in [6, 6.07) is 0. The van der Waals surface area contributed by atoms with E-state index in [1.165, 1.54) is 12.8 Å². The molecule has 0 aromatic heterocycles. The van der Waals surface area contributed by atoms with E-state index < -0.39 is 0 Å². The van der Waals surface area contributed by atoms with Crippen molar-refractivity contribution in [1.82, 2.24) is 5.32 Å². The lowest BCUT2D eigenvalue weighted by molar-refractivity contribution is 0.0719. The van der Waals surface area contributed by atoms with Gasteiger partial charge in [-0.05, 0) is 25.3 Å². The summed E-state index contributed by atoms with van der Waals surface area (Å²) in [7, 11) is 1.69. The fourth-order valence-electron chi connectivity index (χ4n) is 1.63. The molecule has 1 N–H and O–H groups in total. The van der Waals surface area contributed by atoms with Crippen LogP contribution in [-0.2, 0) is 14.2 Å². The van der Waals surface area contributed by atoms with Crippen molar-refractivity contribution in [3.05, 3.63) is 0 Å². The zero-order valence-corrected chi connectivity index (χ0v) is 9.67. The van der Waals surface area contributed by atoms with Crippen LogP contribution in [0.3, 0.4) is 0 Å². The highest BCUT2D eigenvalue weighted by atomic mass is 16.5. The molecule has 1 aliphatic rings. The zero-order valence-electron chi connectivity index (χ0n) is 9.67. The van der Waals surface area contributed by atoms with Gasteiger partial charge in [0.2, 0.25) is 0 Å².